The number of rotatable bonds is 2. The Hall–Kier alpha value is -1.96. The summed E-state index contributed by atoms with van der Waals surface area (Å²) in [4.78, 5) is 11.7. The van der Waals surface area contributed by atoms with Crippen molar-refractivity contribution in [1.82, 2.24) is 0 Å². The van der Waals surface area contributed by atoms with E-state index in [1.54, 1.807) is 0 Å². The third-order valence-corrected chi connectivity index (χ3v) is 3.07. The van der Waals surface area contributed by atoms with Crippen molar-refractivity contribution in [2.45, 2.75) is 0 Å². The van der Waals surface area contributed by atoms with Crippen molar-refractivity contribution in [1.29, 1.82) is 0 Å². The van der Waals surface area contributed by atoms with Crippen LogP contribution in [0.2, 0.25) is 0 Å². The minimum atomic E-state index is -2.31. The number of nitrogens with one attached hydrogen (secondary N) is 1. The van der Waals surface area contributed by atoms with Crippen LogP contribution in [0, 0.1) is 29.1 Å². The van der Waals surface area contributed by atoms with E-state index < -0.39 is 40.6 Å². The fourth-order valence-corrected chi connectivity index (χ4v) is 1.80. The van der Waals surface area contributed by atoms with Gasteiger partial charge in [-0.2, -0.15) is 0 Å². The number of carbonyl (C=O) groups is 1. The molecule has 0 aliphatic heterocycles. The Bertz CT molecular complexity index is 688. The minimum Gasteiger partial charge on any atom is -0.322 e. The number of carbonyl (C=O) groups excluding carboxylic acids is 1. The lowest BCUT2D eigenvalue weighted by molar-refractivity contribution is 0.101. The van der Waals surface area contributed by atoms with Crippen molar-refractivity contribution in [3.05, 3.63) is 63.4 Å². The molecule has 2 nitrogen and oxygen atoms in total. The van der Waals surface area contributed by atoms with Crippen LogP contribution < -0.4 is 5.32 Å². The minimum absolute atomic E-state index is 0.132. The highest BCUT2D eigenvalue weighted by molar-refractivity contribution is 9.10. The summed E-state index contributed by atoms with van der Waals surface area (Å²) in [5.74, 6) is -12.5. The molecule has 2 aromatic rings. The van der Waals surface area contributed by atoms with E-state index in [4.69, 9.17) is 0 Å². The Morgan fingerprint density at radius 1 is 0.810 bits per heavy atom. The molecule has 0 bridgehead atoms. The highest BCUT2D eigenvalue weighted by atomic mass is 79.9. The zero-order valence-electron chi connectivity index (χ0n) is 9.99. The number of anilines is 1. The van der Waals surface area contributed by atoms with Crippen LogP contribution in [-0.2, 0) is 0 Å². The van der Waals surface area contributed by atoms with Crippen LogP contribution in [0.15, 0.2) is 28.7 Å². The van der Waals surface area contributed by atoms with E-state index in [-0.39, 0.29) is 5.69 Å². The number of benzene rings is 2. The summed E-state index contributed by atoms with van der Waals surface area (Å²) >= 11 is 3.13. The Kier molecular flexibility index (Phi) is 4.26. The summed E-state index contributed by atoms with van der Waals surface area (Å²) in [5.41, 5.74) is -1.40. The molecule has 0 atom stereocenters. The van der Waals surface area contributed by atoms with Gasteiger partial charge in [-0.05, 0) is 24.3 Å². The van der Waals surface area contributed by atoms with Crippen molar-refractivity contribution >= 4 is 27.5 Å². The summed E-state index contributed by atoms with van der Waals surface area (Å²) in [6.07, 6.45) is 0. The van der Waals surface area contributed by atoms with Gasteiger partial charge in [-0.1, -0.05) is 15.9 Å². The fourth-order valence-electron chi connectivity index (χ4n) is 1.53. The molecule has 0 saturated carbocycles. The van der Waals surface area contributed by atoms with Gasteiger partial charge in [0.15, 0.2) is 23.3 Å². The third-order valence-electron chi connectivity index (χ3n) is 2.54. The smallest absolute Gasteiger partial charge is 0.261 e. The first-order chi connectivity index (χ1) is 9.82. The lowest BCUT2D eigenvalue weighted by Crippen LogP contribution is -2.19. The lowest BCUT2D eigenvalue weighted by atomic mass is 10.1. The predicted octanol–water partition coefficient (Wildman–Crippen LogP) is 4.40. The van der Waals surface area contributed by atoms with Gasteiger partial charge in [0.2, 0.25) is 5.82 Å². The van der Waals surface area contributed by atoms with Gasteiger partial charge in [0.05, 0.1) is 0 Å². The van der Waals surface area contributed by atoms with Crippen molar-refractivity contribution in [2.24, 2.45) is 0 Å². The van der Waals surface area contributed by atoms with Gasteiger partial charge in [-0.3, -0.25) is 4.79 Å². The van der Waals surface area contributed by atoms with Crippen molar-refractivity contribution < 1.29 is 26.7 Å². The fraction of sp³-hybridized carbons (Fsp3) is 0. The topological polar surface area (TPSA) is 29.1 Å². The van der Waals surface area contributed by atoms with Gasteiger partial charge in [-0.15, -0.1) is 0 Å². The number of hydrogen-bond donors (Lipinski definition) is 1. The van der Waals surface area contributed by atoms with Gasteiger partial charge < -0.3 is 5.32 Å². The normalized spacial score (nSPS) is 10.6. The molecule has 110 valence electrons. The molecular formula is C13H5BrF5NO. The average Bonchev–Trinajstić information content (AvgIpc) is 2.46. The van der Waals surface area contributed by atoms with Crippen molar-refractivity contribution in [3.8, 4) is 0 Å². The summed E-state index contributed by atoms with van der Waals surface area (Å²) in [6, 6.07) is 5.81. The first-order valence-corrected chi connectivity index (χ1v) is 6.20. The molecule has 0 aliphatic carbocycles. The molecule has 0 spiro atoms. The summed E-state index contributed by atoms with van der Waals surface area (Å²) in [7, 11) is 0. The molecule has 2 rings (SSSR count). The van der Waals surface area contributed by atoms with Crippen molar-refractivity contribution in [2.75, 3.05) is 5.32 Å². The zero-order chi connectivity index (χ0) is 15.7. The van der Waals surface area contributed by atoms with Gasteiger partial charge >= 0.3 is 0 Å². The molecule has 0 unspecified atom stereocenters. The summed E-state index contributed by atoms with van der Waals surface area (Å²) < 4.78 is 66.4. The SMILES string of the molecule is O=C(Nc1ccc(Br)cc1)c1c(F)c(F)c(F)c(F)c1F. The van der Waals surface area contributed by atoms with Crippen LogP contribution >= 0.6 is 15.9 Å². The molecule has 0 aromatic heterocycles. The van der Waals surface area contributed by atoms with E-state index in [9.17, 15) is 26.7 Å². The summed E-state index contributed by atoms with van der Waals surface area (Å²) in [6.45, 7) is 0. The van der Waals surface area contributed by atoms with E-state index in [2.05, 4.69) is 15.9 Å². The molecule has 0 fully saturated rings. The largest absolute Gasteiger partial charge is 0.322 e. The third kappa shape index (κ3) is 2.90. The maximum Gasteiger partial charge on any atom is 0.261 e. The first kappa shape index (κ1) is 15.4. The second-order valence-corrected chi connectivity index (χ2v) is 4.82. The molecule has 0 radical (unpaired) electrons. The molecule has 0 saturated heterocycles. The highest BCUT2D eigenvalue weighted by Gasteiger charge is 2.29. The van der Waals surface area contributed by atoms with Gasteiger partial charge in [0.1, 0.15) is 5.56 Å². The maximum absolute atomic E-state index is 13.4. The number of amides is 1. The monoisotopic (exact) mass is 365 g/mol. The Morgan fingerprint density at radius 3 is 1.71 bits per heavy atom. The van der Waals surface area contributed by atoms with Crippen LogP contribution in [0.4, 0.5) is 27.6 Å². The molecule has 21 heavy (non-hydrogen) atoms. The maximum atomic E-state index is 13.4. The standard InChI is InChI=1S/C13H5BrF5NO/c14-5-1-3-6(4-2-5)20-13(21)7-8(15)10(17)12(19)11(18)9(7)16/h1-4H,(H,20,21). The van der Waals surface area contributed by atoms with Crippen LogP contribution in [0.3, 0.4) is 0 Å². The van der Waals surface area contributed by atoms with Gasteiger partial charge in [0, 0.05) is 10.2 Å². The number of halogens is 6. The second kappa shape index (κ2) is 5.80. The van der Waals surface area contributed by atoms with Crippen LogP contribution in [-0.4, -0.2) is 5.91 Å². The quantitative estimate of drug-likeness (QED) is 0.477. The van der Waals surface area contributed by atoms with Crippen LogP contribution in [0.25, 0.3) is 0 Å². The molecular weight excluding hydrogens is 361 g/mol. The highest BCUT2D eigenvalue weighted by Crippen LogP contribution is 2.24. The second-order valence-electron chi connectivity index (χ2n) is 3.91. The zero-order valence-corrected chi connectivity index (χ0v) is 11.6. The Morgan fingerprint density at radius 2 is 1.24 bits per heavy atom. The molecule has 0 heterocycles. The van der Waals surface area contributed by atoms with E-state index in [0.29, 0.717) is 4.47 Å². The first-order valence-electron chi connectivity index (χ1n) is 5.41. The lowest BCUT2D eigenvalue weighted by Gasteiger charge is -2.09. The van der Waals surface area contributed by atoms with Crippen molar-refractivity contribution in [3.63, 3.8) is 0 Å². The van der Waals surface area contributed by atoms with Gasteiger partial charge in [0.25, 0.3) is 5.91 Å². The number of hydrogen-bond acceptors (Lipinski definition) is 1. The molecule has 8 heteroatoms. The van der Waals surface area contributed by atoms with E-state index in [0.717, 1.165) is 0 Å². The Labute approximate surface area is 123 Å². The molecule has 0 aliphatic rings. The molecule has 1 N–H and O–H groups in total. The van der Waals surface area contributed by atoms with E-state index in [1.165, 1.54) is 24.3 Å². The molecule has 2 aromatic carbocycles. The van der Waals surface area contributed by atoms with Crippen LogP contribution in [0.5, 0.6) is 0 Å². The van der Waals surface area contributed by atoms with Gasteiger partial charge in [-0.25, -0.2) is 22.0 Å². The van der Waals surface area contributed by atoms with E-state index >= 15 is 0 Å². The Balaban J connectivity index is 2.42. The van der Waals surface area contributed by atoms with Crippen LogP contribution in [0.1, 0.15) is 10.4 Å². The average molecular weight is 366 g/mol. The van der Waals surface area contributed by atoms with E-state index in [1.807, 2.05) is 5.32 Å². The molecule has 1 amide bonds. The summed E-state index contributed by atoms with van der Waals surface area (Å²) in [5, 5.41) is 2.05. The predicted molar refractivity (Wildman–Crippen MR) is 68.3 cm³/mol.